The SMILES string of the molecule is CCSc1nc(NCCCN(CC)CC)c2c3c(sc2n1)COC(C)(CC)C3. The average Bonchev–Trinajstić information content (AvgIpc) is 3.05. The molecule has 1 unspecified atom stereocenters. The summed E-state index contributed by atoms with van der Waals surface area (Å²) in [7, 11) is 0. The summed E-state index contributed by atoms with van der Waals surface area (Å²) in [6, 6.07) is 0. The first-order valence-corrected chi connectivity index (χ1v) is 12.4. The number of hydrogen-bond acceptors (Lipinski definition) is 7. The lowest BCUT2D eigenvalue weighted by atomic mass is 9.90. The van der Waals surface area contributed by atoms with Crippen LogP contribution in [-0.2, 0) is 17.8 Å². The third-order valence-electron chi connectivity index (χ3n) is 5.68. The van der Waals surface area contributed by atoms with Gasteiger partial charge in [-0.05, 0) is 50.7 Å². The zero-order valence-electron chi connectivity index (χ0n) is 17.9. The quantitative estimate of drug-likeness (QED) is 0.323. The highest BCUT2D eigenvalue weighted by atomic mass is 32.2. The topological polar surface area (TPSA) is 50.3 Å². The molecule has 7 heteroatoms. The predicted octanol–water partition coefficient (Wildman–Crippen LogP) is 5.19. The molecule has 0 aliphatic carbocycles. The van der Waals surface area contributed by atoms with Gasteiger partial charge in [0.05, 0.1) is 17.6 Å². The molecule has 0 bridgehead atoms. The van der Waals surface area contributed by atoms with E-state index in [0.717, 1.165) is 67.0 Å². The Kier molecular flexibility index (Phi) is 7.59. The number of ether oxygens (including phenoxy) is 1. The second-order valence-electron chi connectivity index (χ2n) is 7.55. The van der Waals surface area contributed by atoms with Crippen molar-refractivity contribution in [3.63, 3.8) is 0 Å². The van der Waals surface area contributed by atoms with Crippen molar-refractivity contribution in [2.45, 2.75) is 71.2 Å². The Labute approximate surface area is 177 Å². The highest BCUT2D eigenvalue weighted by Gasteiger charge is 2.33. The van der Waals surface area contributed by atoms with Crippen LogP contribution in [0.25, 0.3) is 10.2 Å². The van der Waals surface area contributed by atoms with Gasteiger partial charge in [-0.3, -0.25) is 0 Å². The van der Waals surface area contributed by atoms with Crippen LogP contribution in [-0.4, -0.2) is 52.4 Å². The standard InChI is InChI=1S/C21H34N4OS2/c1-6-21(5)13-15-16(14-26-21)28-19-17(15)18(23-20(24-19)27-9-4)22-11-10-12-25(7-2)8-3/h6-14H2,1-5H3,(H,22,23,24). The normalized spacial score (nSPS) is 19.4. The molecule has 0 radical (unpaired) electrons. The van der Waals surface area contributed by atoms with E-state index in [0.29, 0.717) is 6.61 Å². The molecule has 156 valence electrons. The number of anilines is 1. The Morgan fingerprint density at radius 3 is 2.68 bits per heavy atom. The second-order valence-corrected chi connectivity index (χ2v) is 9.86. The maximum absolute atomic E-state index is 6.17. The van der Waals surface area contributed by atoms with Crippen molar-refractivity contribution in [2.75, 3.05) is 37.2 Å². The van der Waals surface area contributed by atoms with Crippen LogP contribution in [0.2, 0.25) is 0 Å². The molecule has 5 nitrogen and oxygen atoms in total. The van der Waals surface area contributed by atoms with Gasteiger partial charge in [0.2, 0.25) is 0 Å². The number of hydrogen-bond donors (Lipinski definition) is 1. The summed E-state index contributed by atoms with van der Waals surface area (Å²) < 4.78 is 6.17. The molecule has 0 saturated heterocycles. The fourth-order valence-corrected chi connectivity index (χ4v) is 5.38. The molecule has 1 N–H and O–H groups in total. The first-order valence-electron chi connectivity index (χ1n) is 10.6. The first kappa shape index (κ1) is 21.8. The monoisotopic (exact) mass is 422 g/mol. The Hall–Kier alpha value is -0.890. The Morgan fingerprint density at radius 2 is 2.00 bits per heavy atom. The molecule has 28 heavy (non-hydrogen) atoms. The molecular formula is C21H34N4OS2. The second kappa shape index (κ2) is 9.74. The van der Waals surface area contributed by atoms with Crippen molar-refractivity contribution in [1.29, 1.82) is 0 Å². The molecule has 0 aromatic carbocycles. The van der Waals surface area contributed by atoms with Crippen molar-refractivity contribution >= 4 is 39.1 Å². The molecule has 0 saturated carbocycles. The Bertz CT molecular complexity index is 790. The number of rotatable bonds is 10. The smallest absolute Gasteiger partial charge is 0.190 e. The van der Waals surface area contributed by atoms with Crippen molar-refractivity contribution in [3.05, 3.63) is 10.4 Å². The molecule has 0 amide bonds. The van der Waals surface area contributed by atoms with E-state index >= 15 is 0 Å². The van der Waals surface area contributed by atoms with Crippen molar-refractivity contribution in [1.82, 2.24) is 14.9 Å². The van der Waals surface area contributed by atoms with Crippen LogP contribution >= 0.6 is 23.1 Å². The summed E-state index contributed by atoms with van der Waals surface area (Å²) in [6.45, 7) is 16.0. The van der Waals surface area contributed by atoms with Crippen molar-refractivity contribution in [3.8, 4) is 0 Å². The minimum Gasteiger partial charge on any atom is -0.369 e. The molecule has 3 heterocycles. The van der Waals surface area contributed by atoms with Crippen LogP contribution in [0, 0.1) is 0 Å². The molecule has 1 atom stereocenters. The van der Waals surface area contributed by atoms with E-state index in [-0.39, 0.29) is 5.60 Å². The van der Waals surface area contributed by atoms with Crippen molar-refractivity contribution in [2.24, 2.45) is 0 Å². The number of thioether (sulfide) groups is 1. The van der Waals surface area contributed by atoms with Gasteiger partial charge in [0.15, 0.2) is 5.16 Å². The van der Waals surface area contributed by atoms with E-state index in [1.54, 1.807) is 23.1 Å². The Balaban J connectivity index is 1.87. The number of nitrogens with one attached hydrogen (secondary N) is 1. The third-order valence-corrected chi connectivity index (χ3v) is 7.50. The zero-order chi connectivity index (χ0) is 20.1. The number of thiophene rings is 1. The lowest BCUT2D eigenvalue weighted by molar-refractivity contribution is -0.0542. The van der Waals surface area contributed by atoms with E-state index in [4.69, 9.17) is 14.7 Å². The summed E-state index contributed by atoms with van der Waals surface area (Å²) in [4.78, 5) is 14.6. The average molecular weight is 423 g/mol. The van der Waals surface area contributed by atoms with E-state index < -0.39 is 0 Å². The maximum atomic E-state index is 6.17. The number of nitrogens with zero attached hydrogens (tertiary/aromatic N) is 3. The molecule has 2 aromatic rings. The van der Waals surface area contributed by atoms with E-state index in [9.17, 15) is 0 Å². The minimum atomic E-state index is -0.0854. The van der Waals surface area contributed by atoms with Gasteiger partial charge in [-0.1, -0.05) is 39.5 Å². The van der Waals surface area contributed by atoms with Gasteiger partial charge in [0.25, 0.3) is 0 Å². The predicted molar refractivity (Wildman–Crippen MR) is 122 cm³/mol. The summed E-state index contributed by atoms with van der Waals surface area (Å²) in [5, 5.41) is 5.75. The number of aromatic nitrogens is 2. The number of fused-ring (bicyclic) bond motifs is 3. The van der Waals surface area contributed by atoms with Gasteiger partial charge < -0.3 is 15.0 Å². The highest BCUT2D eigenvalue weighted by Crippen LogP contribution is 2.42. The molecular weight excluding hydrogens is 388 g/mol. The van der Waals surface area contributed by atoms with E-state index in [1.165, 1.54) is 15.8 Å². The third kappa shape index (κ3) is 4.81. The minimum absolute atomic E-state index is 0.0854. The summed E-state index contributed by atoms with van der Waals surface area (Å²) in [5.41, 5.74) is 1.31. The fourth-order valence-electron chi connectivity index (χ4n) is 3.65. The molecule has 0 fully saturated rings. The molecule has 3 rings (SSSR count). The van der Waals surface area contributed by atoms with Crippen LogP contribution < -0.4 is 5.32 Å². The van der Waals surface area contributed by atoms with Crippen LogP contribution in [0.1, 0.15) is 57.9 Å². The van der Waals surface area contributed by atoms with Crippen LogP contribution in [0.15, 0.2) is 5.16 Å². The van der Waals surface area contributed by atoms with Gasteiger partial charge >= 0.3 is 0 Å². The molecule has 1 aliphatic heterocycles. The van der Waals surface area contributed by atoms with Gasteiger partial charge in [-0.2, -0.15) is 0 Å². The molecule has 0 spiro atoms. The van der Waals surface area contributed by atoms with Crippen LogP contribution in [0.4, 0.5) is 5.82 Å². The lowest BCUT2D eigenvalue weighted by Crippen LogP contribution is -2.34. The summed E-state index contributed by atoms with van der Waals surface area (Å²) >= 11 is 3.49. The van der Waals surface area contributed by atoms with Crippen molar-refractivity contribution < 1.29 is 4.74 Å². The van der Waals surface area contributed by atoms with Crippen LogP contribution in [0.3, 0.4) is 0 Å². The zero-order valence-corrected chi connectivity index (χ0v) is 19.6. The van der Waals surface area contributed by atoms with Gasteiger partial charge in [-0.25, -0.2) is 9.97 Å². The van der Waals surface area contributed by atoms with Gasteiger partial charge in [0, 0.05) is 17.8 Å². The molecule has 1 aliphatic rings. The van der Waals surface area contributed by atoms with Gasteiger partial charge in [0.1, 0.15) is 10.6 Å². The largest absolute Gasteiger partial charge is 0.369 e. The van der Waals surface area contributed by atoms with Crippen LogP contribution in [0.5, 0.6) is 0 Å². The van der Waals surface area contributed by atoms with Gasteiger partial charge in [-0.15, -0.1) is 11.3 Å². The Morgan fingerprint density at radius 1 is 1.21 bits per heavy atom. The van der Waals surface area contributed by atoms with E-state index in [2.05, 4.69) is 44.8 Å². The first-order chi connectivity index (χ1) is 13.5. The van der Waals surface area contributed by atoms with E-state index in [1.807, 2.05) is 0 Å². The fraction of sp³-hybridized carbons (Fsp3) is 0.714. The summed E-state index contributed by atoms with van der Waals surface area (Å²) in [5.74, 6) is 1.99. The maximum Gasteiger partial charge on any atom is 0.190 e. The highest BCUT2D eigenvalue weighted by molar-refractivity contribution is 7.99. The molecule has 2 aromatic heterocycles. The lowest BCUT2D eigenvalue weighted by Gasteiger charge is -2.33. The summed E-state index contributed by atoms with van der Waals surface area (Å²) in [6.07, 6.45) is 3.07.